The molecule has 0 heterocycles. The van der Waals surface area contributed by atoms with Crippen molar-refractivity contribution in [2.75, 3.05) is 7.11 Å². The van der Waals surface area contributed by atoms with Crippen LogP contribution in [0, 0.1) is 0 Å². The molecule has 3 rings (SSSR count). The summed E-state index contributed by atoms with van der Waals surface area (Å²) in [6, 6.07) is 16.4. The molecule has 1 aliphatic rings. The van der Waals surface area contributed by atoms with Crippen molar-refractivity contribution in [2.45, 2.75) is 121 Å². The van der Waals surface area contributed by atoms with Crippen LogP contribution in [0.4, 0.5) is 0 Å². The number of benzene rings is 2. The molecule has 2 aromatic carbocycles. The van der Waals surface area contributed by atoms with E-state index in [4.69, 9.17) is 10.5 Å². The Kier molecular flexibility index (Phi) is 13.6. The van der Waals surface area contributed by atoms with E-state index in [1.54, 1.807) is 7.11 Å². The van der Waals surface area contributed by atoms with Gasteiger partial charge < -0.3 is 15.8 Å². The number of aryl methyl sites for hydroxylation is 1. The molecule has 1 aliphatic carbocycles. The van der Waals surface area contributed by atoms with Crippen LogP contribution in [0.25, 0.3) is 0 Å². The van der Waals surface area contributed by atoms with E-state index in [0.29, 0.717) is 6.42 Å². The average Bonchev–Trinajstić information content (AvgIpc) is 2.95. The van der Waals surface area contributed by atoms with Crippen LogP contribution < -0.4 is 15.8 Å². The van der Waals surface area contributed by atoms with Crippen LogP contribution in [0.2, 0.25) is 0 Å². The van der Waals surface area contributed by atoms with Gasteiger partial charge >= 0.3 is 0 Å². The van der Waals surface area contributed by atoms with Gasteiger partial charge in [0.1, 0.15) is 11.4 Å². The number of unbranched alkanes of at least 4 members (excludes halogenated alkanes) is 11. The highest BCUT2D eigenvalue weighted by Crippen LogP contribution is 2.42. The SMILES string of the molecule is CCCCCCCC/C=C\CCCCCCCC(=O)N[C@]1(N)c2ccccc2CC[C@H]1c1ccc(OC)cc1. The first-order valence-corrected chi connectivity index (χ1v) is 15.6. The summed E-state index contributed by atoms with van der Waals surface area (Å²) in [6.07, 6.45) is 23.4. The molecule has 2 atom stereocenters. The number of carbonyl (C=O) groups is 1. The molecule has 3 N–H and O–H groups in total. The molecule has 4 heteroatoms. The first-order valence-electron chi connectivity index (χ1n) is 15.6. The number of hydrogen-bond acceptors (Lipinski definition) is 3. The fourth-order valence-electron chi connectivity index (χ4n) is 5.93. The van der Waals surface area contributed by atoms with Crippen molar-refractivity contribution in [1.29, 1.82) is 0 Å². The molecule has 0 saturated carbocycles. The summed E-state index contributed by atoms with van der Waals surface area (Å²) in [4.78, 5) is 13.1. The fourth-order valence-corrected chi connectivity index (χ4v) is 5.93. The molecule has 4 nitrogen and oxygen atoms in total. The zero-order chi connectivity index (χ0) is 27.8. The van der Waals surface area contributed by atoms with Crippen LogP contribution >= 0.6 is 0 Å². The maximum atomic E-state index is 13.1. The van der Waals surface area contributed by atoms with Gasteiger partial charge in [-0.15, -0.1) is 0 Å². The predicted molar refractivity (Wildman–Crippen MR) is 164 cm³/mol. The highest BCUT2D eigenvalue weighted by atomic mass is 16.5. The second-order valence-electron chi connectivity index (χ2n) is 11.3. The topological polar surface area (TPSA) is 64.4 Å². The molecule has 0 aliphatic heterocycles. The van der Waals surface area contributed by atoms with E-state index in [1.165, 1.54) is 76.2 Å². The Morgan fingerprint density at radius 1 is 0.897 bits per heavy atom. The lowest BCUT2D eigenvalue weighted by molar-refractivity contribution is -0.123. The molecule has 2 aromatic rings. The third kappa shape index (κ3) is 9.83. The van der Waals surface area contributed by atoms with Gasteiger partial charge in [-0.25, -0.2) is 0 Å². The van der Waals surface area contributed by atoms with E-state index in [-0.39, 0.29) is 11.8 Å². The average molecular weight is 533 g/mol. The smallest absolute Gasteiger partial charge is 0.221 e. The van der Waals surface area contributed by atoms with Crippen molar-refractivity contribution in [2.24, 2.45) is 5.73 Å². The largest absolute Gasteiger partial charge is 0.497 e. The van der Waals surface area contributed by atoms with Gasteiger partial charge in [0.15, 0.2) is 0 Å². The number of hydrogen-bond donors (Lipinski definition) is 2. The van der Waals surface area contributed by atoms with Gasteiger partial charge in [0.2, 0.25) is 5.91 Å². The summed E-state index contributed by atoms with van der Waals surface area (Å²) in [6.45, 7) is 2.27. The molecular formula is C35H52N2O2. The number of amides is 1. The summed E-state index contributed by atoms with van der Waals surface area (Å²) in [5, 5.41) is 3.28. The Morgan fingerprint density at radius 2 is 1.51 bits per heavy atom. The number of methoxy groups -OCH3 is 1. The van der Waals surface area contributed by atoms with Crippen molar-refractivity contribution < 1.29 is 9.53 Å². The quantitative estimate of drug-likeness (QED) is 0.115. The van der Waals surface area contributed by atoms with Gasteiger partial charge in [-0.1, -0.05) is 107 Å². The van der Waals surface area contributed by atoms with E-state index in [9.17, 15) is 4.79 Å². The predicted octanol–water partition coefficient (Wildman–Crippen LogP) is 8.69. The van der Waals surface area contributed by atoms with Crippen molar-refractivity contribution >= 4 is 5.91 Å². The van der Waals surface area contributed by atoms with E-state index >= 15 is 0 Å². The fraction of sp³-hybridized carbons (Fsp3) is 0.571. The summed E-state index contributed by atoms with van der Waals surface area (Å²) < 4.78 is 5.34. The minimum Gasteiger partial charge on any atom is -0.497 e. The number of fused-ring (bicyclic) bond motifs is 1. The molecule has 0 spiro atoms. The van der Waals surface area contributed by atoms with Crippen molar-refractivity contribution in [1.82, 2.24) is 5.32 Å². The first kappa shape index (κ1) is 30.9. The monoisotopic (exact) mass is 532 g/mol. The third-order valence-corrected chi connectivity index (χ3v) is 8.25. The zero-order valence-corrected chi connectivity index (χ0v) is 24.6. The third-order valence-electron chi connectivity index (χ3n) is 8.25. The van der Waals surface area contributed by atoms with E-state index in [2.05, 4.69) is 54.7 Å². The summed E-state index contributed by atoms with van der Waals surface area (Å²) >= 11 is 0. The molecule has 39 heavy (non-hydrogen) atoms. The van der Waals surface area contributed by atoms with Crippen molar-refractivity contribution in [3.05, 3.63) is 77.4 Å². The summed E-state index contributed by atoms with van der Waals surface area (Å²) in [5.41, 5.74) is 9.59. The molecule has 214 valence electrons. The van der Waals surface area contributed by atoms with Crippen LogP contribution in [0.15, 0.2) is 60.7 Å². The van der Waals surface area contributed by atoms with Gasteiger partial charge in [0.25, 0.3) is 0 Å². The van der Waals surface area contributed by atoms with Crippen LogP contribution in [0.1, 0.15) is 126 Å². The number of rotatable bonds is 18. The number of nitrogens with one attached hydrogen (secondary N) is 1. The lowest BCUT2D eigenvalue weighted by Gasteiger charge is -2.43. The highest BCUT2D eigenvalue weighted by molar-refractivity contribution is 5.77. The van der Waals surface area contributed by atoms with Gasteiger partial charge in [-0.2, -0.15) is 0 Å². The van der Waals surface area contributed by atoms with Gasteiger partial charge in [-0.05, 0) is 73.8 Å². The van der Waals surface area contributed by atoms with Gasteiger partial charge in [-0.3, -0.25) is 4.79 Å². The molecule has 1 amide bonds. The second kappa shape index (κ2) is 17.2. The number of nitrogens with two attached hydrogens (primary N) is 1. The van der Waals surface area contributed by atoms with Gasteiger partial charge in [0.05, 0.1) is 7.11 Å². The van der Waals surface area contributed by atoms with Crippen LogP contribution in [0.3, 0.4) is 0 Å². The molecule has 0 unspecified atom stereocenters. The maximum absolute atomic E-state index is 13.1. The van der Waals surface area contributed by atoms with E-state index < -0.39 is 5.66 Å². The van der Waals surface area contributed by atoms with Crippen LogP contribution in [0.5, 0.6) is 5.75 Å². The first-order chi connectivity index (χ1) is 19.1. The Bertz CT molecular complexity index is 1000. The summed E-state index contributed by atoms with van der Waals surface area (Å²) in [5.74, 6) is 0.882. The summed E-state index contributed by atoms with van der Waals surface area (Å²) in [7, 11) is 1.67. The molecular weight excluding hydrogens is 480 g/mol. The van der Waals surface area contributed by atoms with Crippen molar-refractivity contribution in [3.63, 3.8) is 0 Å². The van der Waals surface area contributed by atoms with E-state index in [0.717, 1.165) is 42.6 Å². The number of ether oxygens (including phenoxy) is 1. The Balaban J connectivity index is 1.39. The Labute approximate surface area is 237 Å². The molecule has 0 saturated heterocycles. The Morgan fingerprint density at radius 3 is 2.18 bits per heavy atom. The molecule has 0 radical (unpaired) electrons. The standard InChI is InChI=1S/C35H52N2O2/c1-3-4-5-6-7-8-9-10-11-12-13-14-15-16-17-22-34(38)37-35(36)32-21-19-18-20-29(32)25-28-33(35)30-23-26-31(39-2)27-24-30/h10-11,18-21,23-24,26-27,33H,3-9,12-17,22,25,28,36H2,1-2H3,(H,37,38)/b11-10-/t33-,35+/m0/s1. The number of allylic oxidation sites excluding steroid dienone is 2. The lowest BCUT2D eigenvalue weighted by Crippen LogP contribution is -2.58. The normalized spacial score (nSPS) is 18.7. The van der Waals surface area contributed by atoms with Crippen LogP contribution in [-0.2, 0) is 16.9 Å². The zero-order valence-electron chi connectivity index (χ0n) is 24.6. The molecule has 0 bridgehead atoms. The highest BCUT2D eigenvalue weighted by Gasteiger charge is 2.43. The minimum atomic E-state index is -0.914. The molecule has 0 fully saturated rings. The van der Waals surface area contributed by atoms with Crippen LogP contribution in [-0.4, -0.2) is 13.0 Å². The van der Waals surface area contributed by atoms with Gasteiger partial charge in [0, 0.05) is 12.3 Å². The van der Waals surface area contributed by atoms with Crippen molar-refractivity contribution in [3.8, 4) is 5.75 Å². The molecule has 0 aromatic heterocycles. The Hall–Kier alpha value is -2.59. The van der Waals surface area contributed by atoms with E-state index in [1.807, 2.05) is 18.2 Å². The minimum absolute atomic E-state index is 0.0105. The number of carbonyl (C=O) groups excluding carboxylic acids is 1. The maximum Gasteiger partial charge on any atom is 0.221 e. The lowest BCUT2D eigenvalue weighted by atomic mass is 9.72. The second-order valence-corrected chi connectivity index (χ2v) is 11.3.